The van der Waals surface area contributed by atoms with Crippen molar-refractivity contribution >= 4 is 35.4 Å². The quantitative estimate of drug-likeness (QED) is 0.524. The van der Waals surface area contributed by atoms with Crippen LogP contribution in [0.2, 0.25) is 0 Å². The third-order valence-electron chi connectivity index (χ3n) is 6.52. The fourth-order valence-electron chi connectivity index (χ4n) is 4.44. The molecule has 0 radical (unpaired) electrons. The molecule has 6 nitrogen and oxygen atoms in total. The summed E-state index contributed by atoms with van der Waals surface area (Å²) in [4.78, 5) is 26.6. The van der Waals surface area contributed by atoms with Crippen molar-refractivity contribution in [2.24, 2.45) is 5.92 Å². The summed E-state index contributed by atoms with van der Waals surface area (Å²) in [6.07, 6.45) is 12.0. The van der Waals surface area contributed by atoms with Crippen LogP contribution in [-0.4, -0.2) is 54.7 Å². The summed E-state index contributed by atoms with van der Waals surface area (Å²) in [5.74, 6) is 1.85. The van der Waals surface area contributed by atoms with Gasteiger partial charge in [-0.2, -0.15) is 4.58 Å². The van der Waals surface area contributed by atoms with Crippen LogP contribution < -0.4 is 14.8 Å². The number of carbonyl (C=O) groups is 2. The van der Waals surface area contributed by atoms with Crippen molar-refractivity contribution in [1.29, 1.82) is 0 Å². The second-order valence-corrected chi connectivity index (χ2v) is 10.0. The van der Waals surface area contributed by atoms with Crippen molar-refractivity contribution in [3.8, 4) is 11.5 Å². The Morgan fingerprint density at radius 2 is 1.88 bits per heavy atom. The lowest BCUT2D eigenvalue weighted by molar-refractivity contribution is -0.413. The van der Waals surface area contributed by atoms with Gasteiger partial charge < -0.3 is 14.8 Å². The number of allylic oxidation sites excluding steroid dienone is 1. The van der Waals surface area contributed by atoms with E-state index in [1.165, 1.54) is 11.8 Å². The number of hydrogen-bond donors (Lipinski definition) is 1. The monoisotopic (exact) mass is 467 g/mol. The molecule has 1 saturated carbocycles. The molecule has 0 spiro atoms. The Kier molecular flexibility index (Phi) is 7.08. The molecule has 1 aromatic carbocycles. The molecule has 1 aromatic rings. The van der Waals surface area contributed by atoms with E-state index in [-0.39, 0.29) is 23.1 Å². The van der Waals surface area contributed by atoms with E-state index in [9.17, 15) is 9.59 Å². The molecule has 174 valence electrons. The van der Waals surface area contributed by atoms with Gasteiger partial charge in [0.25, 0.3) is 5.91 Å². The maximum absolute atomic E-state index is 13.1. The van der Waals surface area contributed by atoms with Gasteiger partial charge in [0, 0.05) is 17.7 Å². The Morgan fingerprint density at radius 1 is 1.15 bits per heavy atom. The predicted octanol–water partition coefficient (Wildman–Crippen LogP) is 3.96. The summed E-state index contributed by atoms with van der Waals surface area (Å²) in [6.45, 7) is 2.27. The average Bonchev–Trinajstić information content (AvgIpc) is 2.83. The summed E-state index contributed by atoms with van der Waals surface area (Å²) in [7, 11) is 4.95. The minimum absolute atomic E-state index is 0.0221. The van der Waals surface area contributed by atoms with Gasteiger partial charge in [-0.3, -0.25) is 4.79 Å². The number of methoxy groups -OCH3 is 2. The molecule has 1 aliphatic heterocycles. The molecule has 4 rings (SSSR count). The molecule has 1 N–H and O–H groups in total. The number of hydrogen-bond acceptors (Lipinski definition) is 5. The molecule has 33 heavy (non-hydrogen) atoms. The molecule has 2 amide bonds. The van der Waals surface area contributed by atoms with Crippen LogP contribution in [0.15, 0.2) is 46.9 Å². The number of ether oxygens (including phenoxy) is 2. The summed E-state index contributed by atoms with van der Waals surface area (Å²) in [5, 5.41) is 3.15. The van der Waals surface area contributed by atoms with Gasteiger partial charge in [0.15, 0.2) is 11.5 Å². The number of amides is 2. The van der Waals surface area contributed by atoms with Crippen molar-refractivity contribution in [2.45, 2.75) is 43.9 Å². The van der Waals surface area contributed by atoms with Gasteiger partial charge >= 0.3 is 5.91 Å². The van der Waals surface area contributed by atoms with E-state index in [0.717, 1.165) is 42.9 Å². The van der Waals surface area contributed by atoms with E-state index < -0.39 is 0 Å². The minimum atomic E-state index is -0.0892. The lowest BCUT2D eigenvalue weighted by atomic mass is 9.87. The Bertz CT molecular complexity index is 1080. The van der Waals surface area contributed by atoms with Crippen LogP contribution >= 0.6 is 11.8 Å². The van der Waals surface area contributed by atoms with E-state index in [0.29, 0.717) is 22.0 Å². The second kappa shape index (κ2) is 10.00. The third kappa shape index (κ3) is 5.08. The Labute approximate surface area is 199 Å². The van der Waals surface area contributed by atoms with Crippen LogP contribution in [0.1, 0.15) is 38.2 Å². The molecule has 1 unspecified atom stereocenters. The van der Waals surface area contributed by atoms with Gasteiger partial charge in [0.2, 0.25) is 5.71 Å². The third-order valence-corrected chi connectivity index (χ3v) is 7.72. The molecular formula is C26H31N2O4S+. The van der Waals surface area contributed by atoms with E-state index in [4.69, 9.17) is 9.47 Å². The Hall–Kier alpha value is -2.80. The number of nitrogens with one attached hydrogen (secondary N) is 1. The van der Waals surface area contributed by atoms with Crippen molar-refractivity contribution in [3.05, 3.63) is 52.5 Å². The van der Waals surface area contributed by atoms with Crippen LogP contribution in [0.3, 0.4) is 0 Å². The molecular weight excluding hydrogens is 436 g/mol. The topological polar surface area (TPSA) is 67.6 Å². The zero-order chi connectivity index (χ0) is 23.5. The molecule has 1 fully saturated rings. The highest BCUT2D eigenvalue weighted by molar-refractivity contribution is 8.05. The van der Waals surface area contributed by atoms with Crippen LogP contribution in [-0.2, 0) is 9.59 Å². The highest BCUT2D eigenvalue weighted by Crippen LogP contribution is 2.35. The second-order valence-electron chi connectivity index (χ2n) is 8.84. The largest absolute Gasteiger partial charge is 0.493 e. The smallest absolute Gasteiger partial charge is 0.425 e. The van der Waals surface area contributed by atoms with Crippen LogP contribution in [0, 0.1) is 5.92 Å². The molecule has 1 heterocycles. The van der Waals surface area contributed by atoms with E-state index >= 15 is 0 Å². The van der Waals surface area contributed by atoms with Crippen LogP contribution in [0.4, 0.5) is 0 Å². The Balaban J connectivity index is 1.53. The molecule has 2 aliphatic carbocycles. The van der Waals surface area contributed by atoms with Crippen molar-refractivity contribution in [3.63, 3.8) is 0 Å². The lowest BCUT2D eigenvalue weighted by Crippen LogP contribution is -2.40. The van der Waals surface area contributed by atoms with E-state index in [1.807, 2.05) is 42.5 Å². The van der Waals surface area contributed by atoms with E-state index in [1.54, 1.807) is 25.8 Å². The fourth-order valence-corrected chi connectivity index (χ4v) is 5.66. The number of benzene rings is 1. The summed E-state index contributed by atoms with van der Waals surface area (Å²) >= 11 is 1.49. The first-order valence-electron chi connectivity index (χ1n) is 11.4. The summed E-state index contributed by atoms with van der Waals surface area (Å²) in [6, 6.07) is 5.81. The van der Waals surface area contributed by atoms with Crippen molar-refractivity contribution in [2.75, 3.05) is 21.3 Å². The lowest BCUT2D eigenvalue weighted by Gasteiger charge is -2.27. The minimum Gasteiger partial charge on any atom is -0.493 e. The molecule has 3 aliphatic rings. The highest BCUT2D eigenvalue weighted by Gasteiger charge is 2.38. The van der Waals surface area contributed by atoms with Crippen molar-refractivity contribution in [1.82, 2.24) is 5.32 Å². The van der Waals surface area contributed by atoms with Gasteiger partial charge in [0.1, 0.15) is 17.2 Å². The number of thioether (sulfide) groups is 1. The van der Waals surface area contributed by atoms with Gasteiger partial charge in [-0.1, -0.05) is 36.9 Å². The van der Waals surface area contributed by atoms with Gasteiger partial charge in [-0.15, -0.1) is 0 Å². The number of carbonyl (C=O) groups excluding carboxylic acids is 2. The zero-order valence-electron chi connectivity index (χ0n) is 19.6. The summed E-state index contributed by atoms with van der Waals surface area (Å²) < 4.78 is 12.3. The van der Waals surface area contributed by atoms with Gasteiger partial charge in [-0.05, 0) is 55.4 Å². The highest BCUT2D eigenvalue weighted by atomic mass is 32.2. The fraction of sp³-hybridized carbons (Fsp3) is 0.423. The van der Waals surface area contributed by atoms with Gasteiger partial charge in [0.05, 0.1) is 14.2 Å². The number of rotatable bonds is 5. The maximum atomic E-state index is 13.1. The first kappa shape index (κ1) is 23.4. The summed E-state index contributed by atoms with van der Waals surface area (Å²) in [5.41, 5.74) is 2.30. The van der Waals surface area contributed by atoms with Crippen molar-refractivity contribution < 1.29 is 23.6 Å². The number of likely N-dealkylation sites (N-methyl/N-ethyl adjacent to an activating group) is 1. The van der Waals surface area contributed by atoms with Crippen LogP contribution in [0.5, 0.6) is 11.5 Å². The van der Waals surface area contributed by atoms with Crippen LogP contribution in [0.25, 0.3) is 6.08 Å². The normalized spacial score (nSPS) is 26.1. The average molecular weight is 468 g/mol. The predicted molar refractivity (Wildman–Crippen MR) is 132 cm³/mol. The molecule has 7 heteroatoms. The molecule has 0 saturated heterocycles. The molecule has 0 bridgehead atoms. The standard InChI is InChI=1S/C26H30N2O4S/c1-16-5-9-19(10-6-16)27-25(29)18-8-12-23-20(15-18)28(2)26(30)24(33-23)14-17-7-11-21(31-3)22(13-17)32-4/h7-8,11-16,19,23H,5-6,9-10H2,1-4H3/p+1/b24-14-. The number of nitrogens with zero attached hydrogens (tertiary/aromatic N) is 1. The molecule has 1 atom stereocenters. The Morgan fingerprint density at radius 3 is 2.58 bits per heavy atom. The molecule has 0 aromatic heterocycles. The first-order valence-corrected chi connectivity index (χ1v) is 12.2. The SMILES string of the molecule is COc1ccc(/C=C2\SC3C=CC(C(=O)NC4CCC(C)CC4)=CC3=[N+](C)C2=O)cc1OC. The maximum Gasteiger partial charge on any atom is 0.425 e. The number of fused-ring (bicyclic) bond motifs is 1. The zero-order valence-corrected chi connectivity index (χ0v) is 20.4. The van der Waals surface area contributed by atoms with Gasteiger partial charge in [-0.25, -0.2) is 4.79 Å². The van der Waals surface area contributed by atoms with E-state index in [2.05, 4.69) is 12.2 Å². The first-order chi connectivity index (χ1) is 15.9.